The van der Waals surface area contributed by atoms with Crippen LogP contribution in [0.5, 0.6) is 0 Å². The van der Waals surface area contributed by atoms with Gasteiger partial charge in [-0.2, -0.15) is 0 Å². The van der Waals surface area contributed by atoms with Crippen LogP contribution >= 0.6 is 0 Å². The van der Waals surface area contributed by atoms with Gasteiger partial charge in [0.25, 0.3) is 0 Å². The van der Waals surface area contributed by atoms with Crippen LogP contribution in [0, 0.1) is 5.92 Å². The van der Waals surface area contributed by atoms with Gasteiger partial charge in [-0.25, -0.2) is 0 Å². The second-order valence-corrected chi connectivity index (χ2v) is 4.47. The van der Waals surface area contributed by atoms with Crippen LogP contribution in [0.2, 0.25) is 0 Å². The van der Waals surface area contributed by atoms with Gasteiger partial charge in [-0.05, 0) is 19.4 Å². The number of ketones is 2. The highest BCUT2D eigenvalue weighted by atomic mass is 16.4. The molecular weight excluding hydrogens is 256 g/mol. The summed E-state index contributed by atoms with van der Waals surface area (Å²) in [6.45, 7) is 5.38. The summed E-state index contributed by atoms with van der Waals surface area (Å²) in [4.78, 5) is 34.5. The summed E-state index contributed by atoms with van der Waals surface area (Å²) in [5, 5.41) is 8.84. The van der Waals surface area contributed by atoms with E-state index >= 15 is 0 Å². The largest absolute Gasteiger partial charge is 0.481 e. The minimum absolute atomic E-state index is 0.0433. The number of carboxylic acid groups (broad SMARTS) is 1. The Hall–Kier alpha value is -1.97. The van der Waals surface area contributed by atoms with Crippen molar-refractivity contribution in [2.75, 3.05) is 0 Å². The maximum absolute atomic E-state index is 11.9. The number of carboxylic acids is 1. The standard InChI is InChI=1S/C16H22O4/c1-4-6-8-14(17)12(3)10-13(11-16(19)20)15(18)9-7-5-2/h4,6-7,9-10,12H,5,8,11H2,1-3H3,(H,19,20). The van der Waals surface area contributed by atoms with Gasteiger partial charge in [0, 0.05) is 17.9 Å². The molecule has 0 aromatic heterocycles. The minimum Gasteiger partial charge on any atom is -0.481 e. The molecule has 1 unspecified atom stereocenters. The number of carbonyl (C=O) groups is 3. The van der Waals surface area contributed by atoms with Crippen LogP contribution in [-0.2, 0) is 14.4 Å². The van der Waals surface area contributed by atoms with Gasteiger partial charge in [-0.1, -0.05) is 38.2 Å². The molecule has 0 heterocycles. The Bertz CT molecular complexity index is 441. The van der Waals surface area contributed by atoms with Crippen molar-refractivity contribution in [1.29, 1.82) is 0 Å². The van der Waals surface area contributed by atoms with Crippen molar-refractivity contribution in [3.63, 3.8) is 0 Å². The van der Waals surface area contributed by atoms with Gasteiger partial charge >= 0.3 is 5.97 Å². The first-order valence-electron chi connectivity index (χ1n) is 6.69. The molecule has 0 saturated heterocycles. The molecule has 4 heteroatoms. The summed E-state index contributed by atoms with van der Waals surface area (Å²) in [6, 6.07) is 0. The molecule has 0 radical (unpaired) electrons. The highest BCUT2D eigenvalue weighted by Gasteiger charge is 2.15. The highest BCUT2D eigenvalue weighted by molar-refractivity contribution is 6.06. The van der Waals surface area contributed by atoms with Crippen LogP contribution < -0.4 is 0 Å². The molecule has 0 aliphatic carbocycles. The molecule has 0 amide bonds. The zero-order chi connectivity index (χ0) is 15.5. The zero-order valence-electron chi connectivity index (χ0n) is 12.3. The zero-order valence-corrected chi connectivity index (χ0v) is 12.3. The average Bonchev–Trinajstić information content (AvgIpc) is 2.40. The second-order valence-electron chi connectivity index (χ2n) is 4.47. The Morgan fingerprint density at radius 2 is 1.85 bits per heavy atom. The van der Waals surface area contributed by atoms with Crippen LogP contribution in [0.15, 0.2) is 36.0 Å². The van der Waals surface area contributed by atoms with Crippen LogP contribution in [-0.4, -0.2) is 22.6 Å². The van der Waals surface area contributed by atoms with Crippen LogP contribution in [0.1, 0.15) is 40.0 Å². The molecule has 1 N–H and O–H groups in total. The molecule has 0 aromatic rings. The lowest BCUT2D eigenvalue weighted by molar-refractivity contribution is -0.136. The first-order chi connectivity index (χ1) is 9.42. The van der Waals surface area contributed by atoms with Gasteiger partial charge in [0.15, 0.2) is 5.78 Å². The van der Waals surface area contributed by atoms with Crippen molar-refractivity contribution in [3.8, 4) is 0 Å². The third kappa shape index (κ3) is 7.46. The summed E-state index contributed by atoms with van der Waals surface area (Å²) in [5.74, 6) is -1.94. The first-order valence-corrected chi connectivity index (χ1v) is 6.69. The van der Waals surface area contributed by atoms with E-state index in [9.17, 15) is 14.4 Å². The third-order valence-corrected chi connectivity index (χ3v) is 2.68. The molecule has 0 aromatic carbocycles. The maximum atomic E-state index is 11.9. The van der Waals surface area contributed by atoms with Crippen molar-refractivity contribution >= 4 is 17.5 Å². The summed E-state index contributed by atoms with van der Waals surface area (Å²) >= 11 is 0. The number of rotatable bonds is 9. The van der Waals surface area contributed by atoms with Gasteiger partial charge in [-0.15, -0.1) is 0 Å². The predicted octanol–water partition coefficient (Wildman–Crippen LogP) is 3.09. The lowest BCUT2D eigenvalue weighted by atomic mass is 9.96. The van der Waals surface area contributed by atoms with Crippen molar-refractivity contribution in [3.05, 3.63) is 36.0 Å². The Labute approximate surface area is 119 Å². The van der Waals surface area contributed by atoms with Gasteiger partial charge < -0.3 is 5.11 Å². The second kappa shape index (κ2) is 9.89. The maximum Gasteiger partial charge on any atom is 0.307 e. The van der Waals surface area contributed by atoms with E-state index in [0.717, 1.165) is 0 Å². The summed E-state index contributed by atoms with van der Waals surface area (Å²) in [7, 11) is 0. The number of carbonyl (C=O) groups excluding carboxylic acids is 2. The molecule has 0 aliphatic heterocycles. The van der Waals surface area contributed by atoms with Crippen molar-refractivity contribution in [1.82, 2.24) is 0 Å². The van der Waals surface area contributed by atoms with E-state index in [2.05, 4.69) is 0 Å². The SMILES string of the molecule is CC=CCC(=O)C(C)C=C(CC(=O)O)C(=O)C=CCC. The van der Waals surface area contributed by atoms with Crippen molar-refractivity contribution < 1.29 is 19.5 Å². The molecule has 0 spiro atoms. The van der Waals surface area contributed by atoms with Crippen molar-refractivity contribution in [2.24, 2.45) is 5.92 Å². The quantitative estimate of drug-likeness (QED) is 0.519. The Morgan fingerprint density at radius 1 is 1.20 bits per heavy atom. The highest BCUT2D eigenvalue weighted by Crippen LogP contribution is 2.12. The summed E-state index contributed by atoms with van der Waals surface area (Å²) in [6.07, 6.45) is 8.62. The third-order valence-electron chi connectivity index (χ3n) is 2.68. The molecule has 0 saturated carbocycles. The Morgan fingerprint density at radius 3 is 2.35 bits per heavy atom. The molecule has 1 atom stereocenters. The number of hydrogen-bond donors (Lipinski definition) is 1. The number of aliphatic carboxylic acids is 1. The first kappa shape index (κ1) is 18.0. The van der Waals surface area contributed by atoms with E-state index in [1.54, 1.807) is 25.2 Å². The molecule has 0 bridgehead atoms. The van der Waals surface area contributed by atoms with E-state index < -0.39 is 11.9 Å². The average molecular weight is 278 g/mol. The predicted molar refractivity (Wildman–Crippen MR) is 78.4 cm³/mol. The van der Waals surface area contributed by atoms with Gasteiger partial charge in [-0.3, -0.25) is 14.4 Å². The lowest BCUT2D eigenvalue weighted by Gasteiger charge is -2.07. The molecule has 0 rings (SSSR count). The fraction of sp³-hybridized carbons (Fsp3) is 0.438. The van der Waals surface area contributed by atoms with Crippen molar-refractivity contribution in [2.45, 2.75) is 40.0 Å². The molecule has 0 aliphatic rings. The van der Waals surface area contributed by atoms with E-state index in [4.69, 9.17) is 5.11 Å². The minimum atomic E-state index is -1.08. The lowest BCUT2D eigenvalue weighted by Crippen LogP contribution is -2.12. The number of allylic oxidation sites excluding steroid dienone is 5. The molecule has 0 fully saturated rings. The summed E-state index contributed by atoms with van der Waals surface area (Å²) < 4.78 is 0. The van der Waals surface area contributed by atoms with E-state index in [0.29, 0.717) is 6.42 Å². The number of hydrogen-bond acceptors (Lipinski definition) is 3. The molecule has 4 nitrogen and oxygen atoms in total. The van der Waals surface area contributed by atoms with E-state index in [-0.39, 0.29) is 30.0 Å². The molecular formula is C16H22O4. The van der Waals surface area contributed by atoms with Gasteiger partial charge in [0.2, 0.25) is 0 Å². The topological polar surface area (TPSA) is 71.4 Å². The van der Waals surface area contributed by atoms with Crippen LogP contribution in [0.4, 0.5) is 0 Å². The monoisotopic (exact) mass is 278 g/mol. The summed E-state index contributed by atoms with van der Waals surface area (Å²) in [5.41, 5.74) is 0.156. The fourth-order valence-corrected chi connectivity index (χ4v) is 1.54. The van der Waals surface area contributed by atoms with Crippen LogP contribution in [0.25, 0.3) is 0 Å². The van der Waals surface area contributed by atoms with Crippen LogP contribution in [0.3, 0.4) is 0 Å². The molecule has 20 heavy (non-hydrogen) atoms. The fourth-order valence-electron chi connectivity index (χ4n) is 1.54. The Balaban J connectivity index is 5.05. The van der Waals surface area contributed by atoms with Gasteiger partial charge in [0.1, 0.15) is 5.78 Å². The smallest absolute Gasteiger partial charge is 0.307 e. The molecule has 110 valence electrons. The number of Topliss-reactive ketones (excluding diaryl/α,β-unsaturated/α-hetero) is 1. The normalized spacial score (nSPS) is 13.8. The van der Waals surface area contributed by atoms with Gasteiger partial charge in [0.05, 0.1) is 6.42 Å². The van der Waals surface area contributed by atoms with E-state index in [1.165, 1.54) is 12.2 Å². The Kier molecular flexibility index (Phi) is 8.92. The van der Waals surface area contributed by atoms with E-state index in [1.807, 2.05) is 13.8 Å².